The van der Waals surface area contributed by atoms with Crippen LogP contribution in [0.3, 0.4) is 0 Å². The number of phenols is 1. The molecule has 10 heavy (non-hydrogen) atoms. The predicted octanol–water partition coefficient (Wildman–Crippen LogP) is 1.92. The molecule has 1 rings (SSSR count). The summed E-state index contributed by atoms with van der Waals surface area (Å²) >= 11 is 0. The summed E-state index contributed by atoms with van der Waals surface area (Å²) in [4.78, 5) is 0. The summed E-state index contributed by atoms with van der Waals surface area (Å²) in [6.45, 7) is 3.28. The molecule has 1 aromatic carbocycles. The number of hydrogen-bond acceptors (Lipinski definition) is 2. The van der Waals surface area contributed by atoms with Gasteiger partial charge in [0.25, 0.3) is 0 Å². The van der Waals surface area contributed by atoms with Crippen LogP contribution in [0.1, 0.15) is 5.56 Å². The van der Waals surface area contributed by atoms with Gasteiger partial charge >= 0.3 is 0 Å². The maximum atomic E-state index is 9.06. The number of aliphatic hydroxyl groups is 1. The standard InChI is InChI=1S/C8H8O2/c1-6(9)7-4-2-3-5-8(7)10/h2-5,9-10H,1H2. The predicted molar refractivity (Wildman–Crippen MR) is 39.8 cm³/mol. The van der Waals surface area contributed by atoms with Crippen LogP contribution in [0.4, 0.5) is 0 Å². The lowest BCUT2D eigenvalue weighted by Gasteiger charge is -1.99. The lowest BCUT2D eigenvalue weighted by molar-refractivity contribution is 0.461. The van der Waals surface area contributed by atoms with E-state index in [0.717, 1.165) is 0 Å². The lowest BCUT2D eigenvalue weighted by atomic mass is 10.2. The van der Waals surface area contributed by atoms with E-state index in [1.807, 2.05) is 0 Å². The fraction of sp³-hybridized carbons (Fsp3) is 0. The van der Waals surface area contributed by atoms with Crippen molar-refractivity contribution in [3.63, 3.8) is 0 Å². The van der Waals surface area contributed by atoms with Gasteiger partial charge in [0.2, 0.25) is 0 Å². The van der Waals surface area contributed by atoms with E-state index in [2.05, 4.69) is 6.58 Å². The first kappa shape index (κ1) is 6.68. The fourth-order valence-electron chi connectivity index (χ4n) is 0.718. The molecule has 0 bridgehead atoms. The molecule has 52 valence electrons. The van der Waals surface area contributed by atoms with E-state index >= 15 is 0 Å². The minimum atomic E-state index is -0.113. The van der Waals surface area contributed by atoms with Crippen molar-refractivity contribution in [3.05, 3.63) is 36.4 Å². The van der Waals surface area contributed by atoms with Crippen molar-refractivity contribution in [1.82, 2.24) is 0 Å². The average molecular weight is 136 g/mol. The molecule has 0 aliphatic heterocycles. The Bertz CT molecular complexity index is 253. The Labute approximate surface area is 59.1 Å². The van der Waals surface area contributed by atoms with Crippen molar-refractivity contribution in [2.45, 2.75) is 0 Å². The van der Waals surface area contributed by atoms with Crippen LogP contribution in [0.5, 0.6) is 5.75 Å². The Morgan fingerprint density at radius 1 is 1.30 bits per heavy atom. The molecule has 2 heteroatoms. The Morgan fingerprint density at radius 3 is 2.30 bits per heavy atom. The van der Waals surface area contributed by atoms with Crippen molar-refractivity contribution < 1.29 is 10.2 Å². The Kier molecular flexibility index (Phi) is 1.63. The van der Waals surface area contributed by atoms with E-state index in [1.54, 1.807) is 18.2 Å². The van der Waals surface area contributed by atoms with Crippen LogP contribution < -0.4 is 0 Å². The van der Waals surface area contributed by atoms with Gasteiger partial charge in [-0.1, -0.05) is 18.7 Å². The number of hydrogen-bond donors (Lipinski definition) is 2. The summed E-state index contributed by atoms with van der Waals surface area (Å²) in [5.74, 6) is -0.0619. The molecule has 0 aliphatic rings. The van der Waals surface area contributed by atoms with Gasteiger partial charge < -0.3 is 10.2 Å². The highest BCUT2D eigenvalue weighted by Crippen LogP contribution is 2.20. The zero-order valence-corrected chi connectivity index (χ0v) is 5.41. The summed E-state index contributed by atoms with van der Waals surface area (Å²) in [5.41, 5.74) is 0.377. The molecular weight excluding hydrogens is 128 g/mol. The van der Waals surface area contributed by atoms with E-state index in [4.69, 9.17) is 10.2 Å². The van der Waals surface area contributed by atoms with Gasteiger partial charge in [0, 0.05) is 0 Å². The minimum Gasteiger partial charge on any atom is -0.508 e. The summed E-state index contributed by atoms with van der Waals surface area (Å²) in [6, 6.07) is 6.49. The molecule has 0 unspecified atom stereocenters. The third-order valence-corrected chi connectivity index (χ3v) is 1.21. The maximum Gasteiger partial charge on any atom is 0.126 e. The average Bonchev–Trinajstić information content (AvgIpc) is 1.88. The molecule has 0 heterocycles. The van der Waals surface area contributed by atoms with Gasteiger partial charge in [0.05, 0.1) is 5.56 Å². The second-order valence-electron chi connectivity index (χ2n) is 1.96. The number of para-hydroxylation sites is 1. The zero-order chi connectivity index (χ0) is 7.56. The number of aliphatic hydroxyl groups excluding tert-OH is 1. The van der Waals surface area contributed by atoms with E-state index in [0.29, 0.717) is 5.56 Å². The van der Waals surface area contributed by atoms with Crippen molar-refractivity contribution >= 4 is 5.76 Å². The summed E-state index contributed by atoms with van der Waals surface area (Å²) in [5, 5.41) is 17.9. The molecule has 1 aromatic rings. The third-order valence-electron chi connectivity index (χ3n) is 1.21. The number of phenolic OH excluding ortho intramolecular Hbond substituents is 1. The molecule has 0 aromatic heterocycles. The quantitative estimate of drug-likeness (QED) is 0.579. The number of benzene rings is 1. The van der Waals surface area contributed by atoms with Crippen LogP contribution in [-0.4, -0.2) is 10.2 Å². The van der Waals surface area contributed by atoms with Crippen molar-refractivity contribution in [2.24, 2.45) is 0 Å². The number of rotatable bonds is 1. The molecule has 0 atom stereocenters. The van der Waals surface area contributed by atoms with Crippen LogP contribution in [-0.2, 0) is 0 Å². The highest BCUT2D eigenvalue weighted by Gasteiger charge is 1.99. The monoisotopic (exact) mass is 136 g/mol. The minimum absolute atomic E-state index is 0.0509. The zero-order valence-electron chi connectivity index (χ0n) is 5.41. The highest BCUT2D eigenvalue weighted by atomic mass is 16.3. The SMILES string of the molecule is C=C(O)c1ccccc1O. The molecule has 0 fully saturated rings. The van der Waals surface area contributed by atoms with E-state index in [1.165, 1.54) is 6.07 Å². The second kappa shape index (κ2) is 2.43. The van der Waals surface area contributed by atoms with Crippen molar-refractivity contribution in [1.29, 1.82) is 0 Å². The van der Waals surface area contributed by atoms with Gasteiger partial charge in [-0.2, -0.15) is 0 Å². The Hall–Kier alpha value is -1.44. The largest absolute Gasteiger partial charge is 0.508 e. The highest BCUT2D eigenvalue weighted by molar-refractivity contribution is 5.61. The molecule has 2 N–H and O–H groups in total. The fourth-order valence-corrected chi connectivity index (χ4v) is 0.718. The number of aromatic hydroxyl groups is 1. The molecule has 2 nitrogen and oxygen atoms in total. The molecule has 0 aliphatic carbocycles. The van der Waals surface area contributed by atoms with Gasteiger partial charge in [-0.3, -0.25) is 0 Å². The first-order chi connectivity index (χ1) is 4.72. The Morgan fingerprint density at radius 2 is 1.90 bits per heavy atom. The van der Waals surface area contributed by atoms with Gasteiger partial charge in [-0.25, -0.2) is 0 Å². The van der Waals surface area contributed by atoms with Gasteiger partial charge in [0.15, 0.2) is 0 Å². The van der Waals surface area contributed by atoms with E-state index < -0.39 is 0 Å². The molecule has 0 radical (unpaired) electrons. The van der Waals surface area contributed by atoms with Crippen LogP contribution in [0.15, 0.2) is 30.8 Å². The molecule has 0 saturated heterocycles. The summed E-state index contributed by atoms with van der Waals surface area (Å²) in [6.07, 6.45) is 0. The third kappa shape index (κ3) is 1.10. The molecular formula is C8H8O2. The van der Waals surface area contributed by atoms with E-state index in [-0.39, 0.29) is 11.5 Å². The first-order valence-electron chi connectivity index (χ1n) is 2.88. The van der Waals surface area contributed by atoms with Gasteiger partial charge in [-0.05, 0) is 12.1 Å². The van der Waals surface area contributed by atoms with Crippen LogP contribution in [0.2, 0.25) is 0 Å². The van der Waals surface area contributed by atoms with Gasteiger partial charge in [0.1, 0.15) is 11.5 Å². The Balaban J connectivity index is 3.15. The van der Waals surface area contributed by atoms with Crippen molar-refractivity contribution in [2.75, 3.05) is 0 Å². The van der Waals surface area contributed by atoms with Crippen LogP contribution in [0, 0.1) is 0 Å². The molecule has 0 spiro atoms. The van der Waals surface area contributed by atoms with E-state index in [9.17, 15) is 0 Å². The van der Waals surface area contributed by atoms with Crippen LogP contribution >= 0.6 is 0 Å². The molecule has 0 amide bonds. The van der Waals surface area contributed by atoms with Crippen LogP contribution in [0.25, 0.3) is 5.76 Å². The smallest absolute Gasteiger partial charge is 0.126 e. The first-order valence-corrected chi connectivity index (χ1v) is 2.88. The van der Waals surface area contributed by atoms with Crippen molar-refractivity contribution in [3.8, 4) is 5.75 Å². The second-order valence-corrected chi connectivity index (χ2v) is 1.96. The summed E-state index contributed by atoms with van der Waals surface area (Å²) < 4.78 is 0. The normalized spacial score (nSPS) is 9.20. The maximum absolute atomic E-state index is 9.06. The lowest BCUT2D eigenvalue weighted by Crippen LogP contribution is -1.79. The molecule has 0 saturated carbocycles. The van der Waals surface area contributed by atoms with Gasteiger partial charge in [-0.15, -0.1) is 0 Å². The topological polar surface area (TPSA) is 40.5 Å². The summed E-state index contributed by atoms with van der Waals surface area (Å²) in [7, 11) is 0.